The van der Waals surface area contributed by atoms with Crippen LogP contribution < -0.4 is 0 Å². The first-order chi connectivity index (χ1) is 27.8. The van der Waals surface area contributed by atoms with Crippen molar-refractivity contribution in [3.8, 4) is 39.9 Å². The van der Waals surface area contributed by atoms with Gasteiger partial charge in [-0.3, -0.25) is 0 Å². The first kappa shape index (κ1) is 30.8. The second-order valence-corrected chi connectivity index (χ2v) is 14.4. The summed E-state index contributed by atoms with van der Waals surface area (Å²) in [5.74, 6) is 1.84. The van der Waals surface area contributed by atoms with Gasteiger partial charge in [0.15, 0.2) is 17.5 Å². The van der Waals surface area contributed by atoms with Gasteiger partial charge in [-0.05, 0) is 51.2 Å². The molecule has 0 spiro atoms. The highest BCUT2D eigenvalue weighted by atomic mass is 16.3. The van der Waals surface area contributed by atoms with Crippen LogP contribution in [0.1, 0.15) is 0 Å². The smallest absolute Gasteiger partial charge is 0.164 e. The normalized spacial score (nSPS) is 11.9. The number of para-hydroxylation sites is 1. The Balaban J connectivity index is 1.14. The zero-order chi connectivity index (χ0) is 36.7. The van der Waals surface area contributed by atoms with Crippen LogP contribution >= 0.6 is 0 Å². The molecule has 0 fully saturated rings. The second kappa shape index (κ2) is 11.9. The van der Waals surface area contributed by atoms with Crippen molar-refractivity contribution in [3.63, 3.8) is 0 Å². The molecule has 0 aliphatic rings. The van der Waals surface area contributed by atoms with Crippen LogP contribution in [-0.4, -0.2) is 19.5 Å². The molecule has 0 amide bonds. The predicted octanol–water partition coefficient (Wildman–Crippen LogP) is 13.3. The van der Waals surface area contributed by atoms with Crippen LogP contribution in [0.25, 0.3) is 116 Å². The van der Waals surface area contributed by atoms with Crippen molar-refractivity contribution >= 4 is 76.1 Å². The van der Waals surface area contributed by atoms with E-state index in [4.69, 9.17) is 19.4 Å². The molecule has 0 aliphatic carbocycles. The molecule has 5 heteroatoms. The largest absolute Gasteiger partial charge is 0.456 e. The van der Waals surface area contributed by atoms with Gasteiger partial charge in [-0.25, -0.2) is 15.0 Å². The van der Waals surface area contributed by atoms with E-state index in [9.17, 15) is 0 Å². The summed E-state index contributed by atoms with van der Waals surface area (Å²) in [7, 11) is 0. The van der Waals surface area contributed by atoms with E-state index in [1.165, 1.54) is 26.9 Å². The number of aromatic nitrogens is 4. The first-order valence-electron chi connectivity index (χ1n) is 18.9. The maximum atomic E-state index is 6.85. The lowest BCUT2D eigenvalue weighted by Gasteiger charge is -2.13. The monoisotopic (exact) mass is 714 g/mol. The first-order valence-corrected chi connectivity index (χ1v) is 18.9. The van der Waals surface area contributed by atoms with Gasteiger partial charge in [0.1, 0.15) is 11.2 Å². The number of nitrogens with zero attached hydrogens (tertiary/aromatic N) is 4. The molecule has 12 aromatic rings. The molecule has 9 aromatic carbocycles. The van der Waals surface area contributed by atoms with E-state index in [0.29, 0.717) is 17.5 Å². The van der Waals surface area contributed by atoms with E-state index in [0.717, 1.165) is 71.5 Å². The lowest BCUT2D eigenvalue weighted by molar-refractivity contribution is 0.669. The van der Waals surface area contributed by atoms with Crippen LogP contribution in [0, 0.1) is 0 Å². The van der Waals surface area contributed by atoms with Crippen LogP contribution in [0.3, 0.4) is 0 Å². The molecule has 12 rings (SSSR count). The summed E-state index contributed by atoms with van der Waals surface area (Å²) in [6, 6.07) is 63.8. The fourth-order valence-corrected chi connectivity index (χ4v) is 8.70. The molecule has 5 nitrogen and oxygen atoms in total. The summed E-state index contributed by atoms with van der Waals surface area (Å²) < 4.78 is 9.25. The average Bonchev–Trinajstić information content (AvgIpc) is 3.82. The lowest BCUT2D eigenvalue weighted by atomic mass is 9.99. The molecule has 0 saturated carbocycles. The molecule has 3 heterocycles. The van der Waals surface area contributed by atoms with E-state index < -0.39 is 0 Å². The maximum absolute atomic E-state index is 6.85. The van der Waals surface area contributed by atoms with Crippen molar-refractivity contribution < 1.29 is 4.42 Å². The Morgan fingerprint density at radius 1 is 0.357 bits per heavy atom. The Morgan fingerprint density at radius 2 is 1.02 bits per heavy atom. The molecule has 0 aliphatic heterocycles. The number of hydrogen-bond acceptors (Lipinski definition) is 4. The Morgan fingerprint density at radius 3 is 1.88 bits per heavy atom. The van der Waals surface area contributed by atoms with E-state index in [1.54, 1.807) is 0 Å². The Hall–Kier alpha value is -7.63. The molecule has 260 valence electrons. The predicted molar refractivity (Wildman–Crippen MR) is 230 cm³/mol. The quantitative estimate of drug-likeness (QED) is 0.182. The van der Waals surface area contributed by atoms with Gasteiger partial charge < -0.3 is 8.98 Å². The Bertz CT molecular complexity index is 3540. The standard InChI is InChI=1S/C51H30N4O/c1-2-15-33(16-3-1)49-52-50(35-26-25-31-13-4-5-17-34(31)29-35)54-51(53-49)40-22-12-24-44-48(40)47-38-20-9-8-19-37(38)43(30-45(47)56-44)55-41-23-11-10-21-39(41)46-36-18-7-6-14-32(36)27-28-42(46)55/h1-30H. The average molecular weight is 715 g/mol. The number of fused-ring (bicyclic) bond motifs is 11. The van der Waals surface area contributed by atoms with Crippen molar-refractivity contribution in [3.05, 3.63) is 182 Å². The fourth-order valence-electron chi connectivity index (χ4n) is 8.70. The van der Waals surface area contributed by atoms with Gasteiger partial charge in [-0.2, -0.15) is 0 Å². The van der Waals surface area contributed by atoms with Crippen molar-refractivity contribution in [1.29, 1.82) is 0 Å². The summed E-state index contributed by atoms with van der Waals surface area (Å²) in [5.41, 5.74) is 7.72. The highest BCUT2D eigenvalue weighted by molar-refractivity contribution is 6.26. The van der Waals surface area contributed by atoms with Gasteiger partial charge in [-0.15, -0.1) is 0 Å². The van der Waals surface area contributed by atoms with Gasteiger partial charge in [0.05, 0.1) is 16.7 Å². The summed E-state index contributed by atoms with van der Waals surface area (Å²) in [6.45, 7) is 0. The Labute approximate surface area is 320 Å². The molecule has 0 radical (unpaired) electrons. The minimum atomic E-state index is 0.595. The molecule has 0 atom stereocenters. The molecule has 0 saturated heterocycles. The van der Waals surface area contributed by atoms with E-state index in [1.807, 2.05) is 42.5 Å². The molecule has 0 N–H and O–H groups in total. The van der Waals surface area contributed by atoms with Crippen LogP contribution in [-0.2, 0) is 0 Å². The third kappa shape index (κ3) is 4.58. The number of benzene rings is 9. The summed E-state index contributed by atoms with van der Waals surface area (Å²) in [4.78, 5) is 15.4. The van der Waals surface area contributed by atoms with Crippen LogP contribution in [0.4, 0.5) is 0 Å². The zero-order valence-corrected chi connectivity index (χ0v) is 30.0. The molecule has 0 bridgehead atoms. The van der Waals surface area contributed by atoms with Crippen LogP contribution in [0.5, 0.6) is 0 Å². The van der Waals surface area contributed by atoms with Gasteiger partial charge in [0.2, 0.25) is 0 Å². The summed E-state index contributed by atoms with van der Waals surface area (Å²) in [5, 5.41) is 11.5. The van der Waals surface area contributed by atoms with Gasteiger partial charge in [-0.1, -0.05) is 152 Å². The van der Waals surface area contributed by atoms with E-state index >= 15 is 0 Å². The number of hydrogen-bond donors (Lipinski definition) is 0. The van der Waals surface area contributed by atoms with E-state index in [2.05, 4.69) is 144 Å². The third-order valence-corrected chi connectivity index (χ3v) is 11.2. The zero-order valence-electron chi connectivity index (χ0n) is 30.0. The SMILES string of the molecule is c1ccc(-c2nc(-c3ccc4ccccc4c3)nc(-c3cccc4oc5cc(-n6c7ccccc7c7c8ccccc8ccc76)c6ccccc6c5c34)n2)cc1. The number of rotatable bonds is 4. The molecular weight excluding hydrogens is 685 g/mol. The molecular formula is C51H30N4O. The molecule has 0 unspecified atom stereocenters. The minimum Gasteiger partial charge on any atom is -0.456 e. The maximum Gasteiger partial charge on any atom is 0.164 e. The fraction of sp³-hybridized carbons (Fsp3) is 0. The van der Waals surface area contributed by atoms with Gasteiger partial charge in [0, 0.05) is 49.7 Å². The highest BCUT2D eigenvalue weighted by Gasteiger charge is 2.23. The minimum absolute atomic E-state index is 0.595. The summed E-state index contributed by atoms with van der Waals surface area (Å²) >= 11 is 0. The Kier molecular flexibility index (Phi) is 6.56. The molecule has 56 heavy (non-hydrogen) atoms. The third-order valence-electron chi connectivity index (χ3n) is 11.2. The highest BCUT2D eigenvalue weighted by Crippen LogP contribution is 2.44. The summed E-state index contributed by atoms with van der Waals surface area (Å²) in [6.07, 6.45) is 0. The van der Waals surface area contributed by atoms with Crippen molar-refractivity contribution in [1.82, 2.24) is 19.5 Å². The second-order valence-electron chi connectivity index (χ2n) is 14.4. The van der Waals surface area contributed by atoms with Crippen molar-refractivity contribution in [2.45, 2.75) is 0 Å². The van der Waals surface area contributed by atoms with Gasteiger partial charge >= 0.3 is 0 Å². The van der Waals surface area contributed by atoms with Crippen molar-refractivity contribution in [2.24, 2.45) is 0 Å². The number of furan rings is 1. The van der Waals surface area contributed by atoms with Crippen LogP contribution in [0.2, 0.25) is 0 Å². The van der Waals surface area contributed by atoms with Gasteiger partial charge in [0.25, 0.3) is 0 Å². The van der Waals surface area contributed by atoms with Crippen molar-refractivity contribution in [2.75, 3.05) is 0 Å². The van der Waals surface area contributed by atoms with Crippen LogP contribution in [0.15, 0.2) is 186 Å². The van der Waals surface area contributed by atoms with E-state index in [-0.39, 0.29) is 0 Å². The molecule has 3 aromatic heterocycles. The topological polar surface area (TPSA) is 56.7 Å². The lowest BCUT2D eigenvalue weighted by Crippen LogP contribution is -2.00.